The van der Waals surface area contributed by atoms with Gasteiger partial charge in [0.15, 0.2) is 5.82 Å². The van der Waals surface area contributed by atoms with Gasteiger partial charge in [0, 0.05) is 6.20 Å². The van der Waals surface area contributed by atoms with E-state index in [0.29, 0.717) is 11.1 Å². The summed E-state index contributed by atoms with van der Waals surface area (Å²) in [6, 6.07) is 9.44. The van der Waals surface area contributed by atoms with Gasteiger partial charge in [-0.2, -0.15) is 5.26 Å². The molecule has 2 rings (SSSR count). The highest BCUT2D eigenvalue weighted by molar-refractivity contribution is 7.92. The second-order valence-corrected chi connectivity index (χ2v) is 6.09. The van der Waals surface area contributed by atoms with Gasteiger partial charge in [0.25, 0.3) is 10.0 Å². The van der Waals surface area contributed by atoms with Gasteiger partial charge in [-0.25, -0.2) is 13.4 Å². The van der Waals surface area contributed by atoms with Crippen molar-refractivity contribution >= 4 is 27.4 Å². The summed E-state index contributed by atoms with van der Waals surface area (Å²) in [6.45, 7) is 1.62. The molecule has 0 aliphatic rings. The van der Waals surface area contributed by atoms with E-state index in [1.165, 1.54) is 30.5 Å². The van der Waals surface area contributed by atoms with Crippen LogP contribution in [0.3, 0.4) is 0 Å². The van der Waals surface area contributed by atoms with E-state index in [0.717, 1.165) is 0 Å². The molecule has 1 aromatic heterocycles. The van der Waals surface area contributed by atoms with Crippen LogP contribution in [0.5, 0.6) is 0 Å². The number of sulfonamides is 1. The van der Waals surface area contributed by atoms with Crippen molar-refractivity contribution in [3.63, 3.8) is 0 Å². The first kappa shape index (κ1) is 14.3. The number of nitrogens with one attached hydrogen (secondary N) is 1. The average Bonchev–Trinajstić information content (AvgIpc) is 2.40. The monoisotopic (exact) mass is 307 g/mol. The fourth-order valence-corrected chi connectivity index (χ4v) is 3.15. The van der Waals surface area contributed by atoms with Crippen LogP contribution in [0.25, 0.3) is 0 Å². The van der Waals surface area contributed by atoms with Gasteiger partial charge in [-0.3, -0.25) is 4.72 Å². The highest BCUT2D eigenvalue weighted by Crippen LogP contribution is 2.23. The minimum absolute atomic E-state index is 0.0675. The third-order valence-electron chi connectivity index (χ3n) is 2.58. The number of aryl methyl sites for hydroxylation is 1. The molecule has 1 N–H and O–H groups in total. The Morgan fingerprint density at radius 3 is 2.70 bits per heavy atom. The molecule has 0 spiro atoms. The normalized spacial score (nSPS) is 10.8. The van der Waals surface area contributed by atoms with E-state index in [4.69, 9.17) is 16.9 Å². The van der Waals surface area contributed by atoms with E-state index in [1.54, 1.807) is 13.0 Å². The van der Waals surface area contributed by atoms with Crippen LogP contribution in [0.2, 0.25) is 5.02 Å². The molecule has 0 fully saturated rings. The highest BCUT2D eigenvalue weighted by Gasteiger charge is 2.18. The van der Waals surface area contributed by atoms with Gasteiger partial charge in [0.1, 0.15) is 0 Å². The number of benzene rings is 1. The largest absolute Gasteiger partial charge is 0.263 e. The second kappa shape index (κ2) is 5.49. The van der Waals surface area contributed by atoms with Crippen molar-refractivity contribution in [3.05, 3.63) is 52.7 Å². The zero-order valence-electron chi connectivity index (χ0n) is 10.5. The maximum atomic E-state index is 12.3. The molecule has 5 nitrogen and oxygen atoms in total. The van der Waals surface area contributed by atoms with Crippen molar-refractivity contribution in [1.82, 2.24) is 4.98 Å². The number of rotatable bonds is 3. The molecule has 20 heavy (non-hydrogen) atoms. The third kappa shape index (κ3) is 2.90. The number of aromatic nitrogens is 1. The molecule has 102 valence electrons. The number of nitrogens with zero attached hydrogens (tertiary/aromatic N) is 2. The van der Waals surface area contributed by atoms with Gasteiger partial charge in [0.05, 0.1) is 21.6 Å². The second-order valence-electron chi connectivity index (χ2n) is 4.03. The van der Waals surface area contributed by atoms with Crippen molar-refractivity contribution in [1.29, 1.82) is 5.26 Å². The summed E-state index contributed by atoms with van der Waals surface area (Å²) in [5.74, 6) is 0.0675. The Bertz CT molecular complexity index is 798. The smallest absolute Gasteiger partial charge is 0.262 e. The van der Waals surface area contributed by atoms with Crippen LogP contribution in [0.15, 0.2) is 41.4 Å². The third-order valence-corrected chi connectivity index (χ3v) is 4.39. The summed E-state index contributed by atoms with van der Waals surface area (Å²) < 4.78 is 26.9. The summed E-state index contributed by atoms with van der Waals surface area (Å²) >= 11 is 5.87. The first-order valence-electron chi connectivity index (χ1n) is 5.58. The predicted octanol–water partition coefficient (Wildman–Crippen LogP) is 2.72. The number of hydrogen-bond acceptors (Lipinski definition) is 4. The zero-order chi connectivity index (χ0) is 14.8. The van der Waals surface area contributed by atoms with Gasteiger partial charge < -0.3 is 0 Å². The van der Waals surface area contributed by atoms with E-state index in [-0.39, 0.29) is 15.7 Å². The summed E-state index contributed by atoms with van der Waals surface area (Å²) in [7, 11) is -3.80. The van der Waals surface area contributed by atoms with Crippen LogP contribution in [0.1, 0.15) is 11.1 Å². The molecule has 0 radical (unpaired) electrons. The van der Waals surface area contributed by atoms with Crippen molar-refractivity contribution in [3.8, 4) is 6.07 Å². The standard InChI is InChI=1S/C13H10ClN3O2S/c1-9-7-10(8-15)4-5-12(9)20(18,19)17-13-11(14)3-2-6-16-13/h2-7H,1H3,(H,16,17). The van der Waals surface area contributed by atoms with E-state index >= 15 is 0 Å². The Kier molecular flexibility index (Phi) is 3.93. The minimum Gasteiger partial charge on any atom is -0.262 e. The summed E-state index contributed by atoms with van der Waals surface area (Å²) in [5.41, 5.74) is 0.876. The van der Waals surface area contributed by atoms with E-state index in [1.807, 2.05) is 6.07 Å². The van der Waals surface area contributed by atoms with Crippen LogP contribution in [0.4, 0.5) is 5.82 Å². The van der Waals surface area contributed by atoms with Crippen molar-refractivity contribution in [2.24, 2.45) is 0 Å². The molecule has 0 amide bonds. The molecule has 1 aromatic carbocycles. The maximum absolute atomic E-state index is 12.3. The lowest BCUT2D eigenvalue weighted by atomic mass is 10.2. The Hall–Kier alpha value is -2.10. The summed E-state index contributed by atoms with van der Waals surface area (Å²) in [4.78, 5) is 3.96. The fourth-order valence-electron chi connectivity index (χ4n) is 1.66. The zero-order valence-corrected chi connectivity index (χ0v) is 12.0. The van der Waals surface area contributed by atoms with Gasteiger partial charge >= 0.3 is 0 Å². The quantitative estimate of drug-likeness (QED) is 0.945. The Morgan fingerprint density at radius 1 is 1.35 bits per heavy atom. The van der Waals surface area contributed by atoms with Crippen LogP contribution < -0.4 is 4.72 Å². The maximum Gasteiger partial charge on any atom is 0.263 e. The van der Waals surface area contributed by atoms with Crippen molar-refractivity contribution in [2.45, 2.75) is 11.8 Å². The lowest BCUT2D eigenvalue weighted by Gasteiger charge is -2.10. The topological polar surface area (TPSA) is 82.8 Å². The molecule has 0 aliphatic carbocycles. The van der Waals surface area contributed by atoms with Crippen LogP contribution in [0, 0.1) is 18.3 Å². The first-order chi connectivity index (χ1) is 9.44. The lowest BCUT2D eigenvalue weighted by molar-refractivity contribution is 0.600. The van der Waals surface area contributed by atoms with Gasteiger partial charge in [-0.15, -0.1) is 0 Å². The fraction of sp³-hybridized carbons (Fsp3) is 0.0769. The van der Waals surface area contributed by atoms with Gasteiger partial charge in [-0.1, -0.05) is 11.6 Å². The molecule has 2 aromatic rings. The Labute approximate surface area is 121 Å². The minimum atomic E-state index is -3.80. The summed E-state index contributed by atoms with van der Waals surface area (Å²) in [5, 5.41) is 9.00. The molecule has 0 saturated carbocycles. The number of hydrogen-bond donors (Lipinski definition) is 1. The average molecular weight is 308 g/mol. The Morgan fingerprint density at radius 2 is 2.10 bits per heavy atom. The Balaban J connectivity index is 2.42. The number of pyridine rings is 1. The number of halogens is 1. The van der Waals surface area contributed by atoms with Crippen LogP contribution in [-0.4, -0.2) is 13.4 Å². The van der Waals surface area contributed by atoms with Crippen LogP contribution >= 0.6 is 11.6 Å². The number of anilines is 1. The molecule has 1 heterocycles. The molecular weight excluding hydrogens is 298 g/mol. The van der Waals surface area contributed by atoms with Crippen molar-refractivity contribution in [2.75, 3.05) is 4.72 Å². The van der Waals surface area contributed by atoms with E-state index < -0.39 is 10.0 Å². The molecule has 7 heteroatoms. The molecule has 0 aliphatic heterocycles. The van der Waals surface area contributed by atoms with Crippen LogP contribution in [-0.2, 0) is 10.0 Å². The molecule has 0 unspecified atom stereocenters. The summed E-state index contributed by atoms with van der Waals surface area (Å²) in [6.07, 6.45) is 1.44. The molecule has 0 bridgehead atoms. The van der Waals surface area contributed by atoms with Crippen molar-refractivity contribution < 1.29 is 8.42 Å². The first-order valence-corrected chi connectivity index (χ1v) is 7.44. The number of nitriles is 1. The lowest BCUT2D eigenvalue weighted by Crippen LogP contribution is -2.15. The molecule has 0 atom stereocenters. The van der Waals surface area contributed by atoms with Gasteiger partial charge in [-0.05, 0) is 42.8 Å². The predicted molar refractivity (Wildman–Crippen MR) is 75.9 cm³/mol. The van der Waals surface area contributed by atoms with E-state index in [9.17, 15) is 8.42 Å². The molecular formula is C13H10ClN3O2S. The highest BCUT2D eigenvalue weighted by atomic mass is 35.5. The van der Waals surface area contributed by atoms with E-state index in [2.05, 4.69) is 9.71 Å². The van der Waals surface area contributed by atoms with Gasteiger partial charge in [0.2, 0.25) is 0 Å². The molecule has 0 saturated heterocycles. The SMILES string of the molecule is Cc1cc(C#N)ccc1S(=O)(=O)Nc1ncccc1Cl.